The van der Waals surface area contributed by atoms with Gasteiger partial charge in [0.25, 0.3) is 10.0 Å². The molecule has 3 rings (SSSR count). The molecule has 1 heterocycles. The molecule has 1 aliphatic rings. The molecule has 2 aromatic rings. The predicted molar refractivity (Wildman–Crippen MR) is 119 cm³/mol. The number of nitrogens with zero attached hydrogens (tertiary/aromatic N) is 1. The lowest BCUT2D eigenvalue weighted by atomic mass is 10.1. The summed E-state index contributed by atoms with van der Waals surface area (Å²) in [5, 5.41) is 12.2. The number of sulfonamides is 1. The van der Waals surface area contributed by atoms with E-state index in [1.807, 2.05) is 24.0 Å². The van der Waals surface area contributed by atoms with Crippen LogP contribution in [-0.4, -0.2) is 49.4 Å². The molecule has 8 nitrogen and oxygen atoms in total. The third-order valence-corrected chi connectivity index (χ3v) is 6.64. The molecule has 2 aromatic carbocycles. The van der Waals surface area contributed by atoms with Gasteiger partial charge in [0.05, 0.1) is 11.3 Å². The van der Waals surface area contributed by atoms with Crippen LogP contribution in [-0.2, 0) is 19.6 Å². The zero-order chi connectivity index (χ0) is 22.4. The van der Waals surface area contributed by atoms with Gasteiger partial charge in [0.1, 0.15) is 6.04 Å². The van der Waals surface area contributed by atoms with E-state index in [4.69, 9.17) is 0 Å². The molecule has 0 aliphatic carbocycles. The van der Waals surface area contributed by atoms with Gasteiger partial charge in [-0.2, -0.15) is 0 Å². The number of carbonyl (C=O) groups is 2. The number of carbonyl (C=O) groups excluding carboxylic acids is 1. The summed E-state index contributed by atoms with van der Waals surface area (Å²) in [5.74, 6) is -1.44. The quantitative estimate of drug-likeness (QED) is 0.575. The Kier molecular flexibility index (Phi) is 7.29. The third kappa shape index (κ3) is 6.28. The Bertz CT molecular complexity index is 1010. The smallest absolute Gasteiger partial charge is 0.321 e. The van der Waals surface area contributed by atoms with Crippen molar-refractivity contribution in [3.63, 3.8) is 0 Å². The minimum atomic E-state index is -3.76. The maximum Gasteiger partial charge on any atom is 0.321 e. The maximum absolute atomic E-state index is 12.5. The van der Waals surface area contributed by atoms with Crippen molar-refractivity contribution in [3.05, 3.63) is 54.1 Å². The predicted octanol–water partition coefficient (Wildman–Crippen LogP) is 3.06. The summed E-state index contributed by atoms with van der Waals surface area (Å²) in [6, 6.07) is 11.9. The number of benzene rings is 2. The van der Waals surface area contributed by atoms with Crippen LogP contribution in [0.2, 0.25) is 0 Å². The second-order valence-electron chi connectivity index (χ2n) is 7.70. The van der Waals surface area contributed by atoms with E-state index in [-0.39, 0.29) is 11.3 Å². The van der Waals surface area contributed by atoms with Crippen LogP contribution in [0.5, 0.6) is 0 Å². The van der Waals surface area contributed by atoms with E-state index >= 15 is 0 Å². The van der Waals surface area contributed by atoms with Crippen LogP contribution in [0.25, 0.3) is 0 Å². The molecule has 1 atom stereocenters. The van der Waals surface area contributed by atoms with Gasteiger partial charge in [0, 0.05) is 11.4 Å². The number of aryl methyl sites for hydroxylation is 1. The molecule has 1 unspecified atom stereocenters. The van der Waals surface area contributed by atoms with Gasteiger partial charge in [0.2, 0.25) is 5.91 Å². The molecule has 1 fully saturated rings. The van der Waals surface area contributed by atoms with Crippen LogP contribution in [0.4, 0.5) is 11.4 Å². The third-order valence-electron chi connectivity index (χ3n) is 5.25. The summed E-state index contributed by atoms with van der Waals surface area (Å²) < 4.78 is 27.6. The lowest BCUT2D eigenvalue weighted by molar-refractivity contribution is -0.145. The highest BCUT2D eigenvalue weighted by Gasteiger charge is 2.29. The van der Waals surface area contributed by atoms with Crippen LogP contribution in [0, 0.1) is 6.92 Å². The van der Waals surface area contributed by atoms with Crippen molar-refractivity contribution in [1.82, 2.24) is 4.90 Å². The number of carboxylic acids is 1. The summed E-state index contributed by atoms with van der Waals surface area (Å²) in [4.78, 5) is 25.9. The first-order valence-corrected chi connectivity index (χ1v) is 11.7. The van der Waals surface area contributed by atoms with E-state index in [9.17, 15) is 23.1 Å². The molecule has 1 saturated heterocycles. The summed E-state index contributed by atoms with van der Waals surface area (Å²) >= 11 is 0. The number of anilines is 2. The number of carboxylic acid groups (broad SMARTS) is 1. The Hall–Kier alpha value is -2.91. The SMILES string of the molecule is Cc1ccc(NS(=O)(=O)c2ccc(NC(=O)CC(C(=O)O)N3CCCCC3)cc2)cc1. The van der Waals surface area contributed by atoms with Crippen LogP contribution in [0.3, 0.4) is 0 Å². The number of hydrogen-bond acceptors (Lipinski definition) is 5. The van der Waals surface area contributed by atoms with Crippen molar-refractivity contribution in [2.75, 3.05) is 23.1 Å². The highest BCUT2D eigenvalue weighted by atomic mass is 32.2. The van der Waals surface area contributed by atoms with Crippen LogP contribution < -0.4 is 10.0 Å². The second kappa shape index (κ2) is 9.93. The summed E-state index contributed by atoms with van der Waals surface area (Å²) in [6.45, 7) is 3.26. The standard InChI is InChI=1S/C22H27N3O5S/c1-16-5-7-18(8-6-16)24-31(29,30)19-11-9-17(10-12-19)23-21(26)15-20(22(27)28)25-13-3-2-4-14-25/h5-12,20,24H,2-4,13-15H2,1H3,(H,23,26)(H,27,28). The molecule has 9 heteroatoms. The first kappa shape index (κ1) is 22.8. The van der Waals surface area contributed by atoms with Gasteiger partial charge in [-0.1, -0.05) is 24.1 Å². The van der Waals surface area contributed by atoms with Crippen LogP contribution in [0.15, 0.2) is 53.4 Å². The van der Waals surface area contributed by atoms with Gasteiger partial charge in [-0.15, -0.1) is 0 Å². The largest absolute Gasteiger partial charge is 0.480 e. The van der Waals surface area contributed by atoms with E-state index in [1.54, 1.807) is 12.1 Å². The number of hydrogen-bond donors (Lipinski definition) is 3. The van der Waals surface area contributed by atoms with E-state index in [1.165, 1.54) is 24.3 Å². The minimum absolute atomic E-state index is 0.0582. The summed E-state index contributed by atoms with van der Waals surface area (Å²) in [7, 11) is -3.76. The summed E-state index contributed by atoms with van der Waals surface area (Å²) in [6.07, 6.45) is 2.77. The summed E-state index contributed by atoms with van der Waals surface area (Å²) in [5.41, 5.74) is 1.89. The van der Waals surface area contributed by atoms with Crippen molar-refractivity contribution in [2.45, 2.75) is 43.5 Å². The zero-order valence-electron chi connectivity index (χ0n) is 17.4. The molecule has 0 spiro atoms. The average Bonchev–Trinajstić information content (AvgIpc) is 2.74. The van der Waals surface area contributed by atoms with Gasteiger partial charge < -0.3 is 10.4 Å². The normalized spacial score (nSPS) is 15.8. The van der Waals surface area contributed by atoms with Crippen LogP contribution in [0.1, 0.15) is 31.2 Å². The van der Waals surface area contributed by atoms with Crippen molar-refractivity contribution in [3.8, 4) is 0 Å². The Morgan fingerprint density at radius 1 is 0.968 bits per heavy atom. The second-order valence-corrected chi connectivity index (χ2v) is 9.38. The molecular formula is C22H27N3O5S. The van der Waals surface area contributed by atoms with E-state index in [0.717, 1.165) is 24.8 Å². The fourth-order valence-corrected chi connectivity index (χ4v) is 4.60. The first-order chi connectivity index (χ1) is 14.7. The molecule has 1 aliphatic heterocycles. The lowest BCUT2D eigenvalue weighted by Crippen LogP contribution is -2.45. The fourth-order valence-electron chi connectivity index (χ4n) is 3.54. The van der Waals surface area contributed by atoms with Crippen molar-refractivity contribution in [2.24, 2.45) is 0 Å². The van der Waals surface area contributed by atoms with Crippen molar-refractivity contribution >= 4 is 33.3 Å². The van der Waals surface area contributed by atoms with Crippen molar-refractivity contribution < 1.29 is 23.1 Å². The Labute approximate surface area is 182 Å². The molecule has 0 bridgehead atoms. The average molecular weight is 446 g/mol. The lowest BCUT2D eigenvalue weighted by Gasteiger charge is -2.31. The maximum atomic E-state index is 12.5. The molecule has 31 heavy (non-hydrogen) atoms. The Balaban J connectivity index is 1.62. The molecular weight excluding hydrogens is 418 g/mol. The number of likely N-dealkylation sites (tertiary alicyclic amines) is 1. The number of rotatable bonds is 8. The molecule has 1 amide bonds. The zero-order valence-corrected chi connectivity index (χ0v) is 18.2. The van der Waals surface area contributed by atoms with Gasteiger partial charge in [-0.3, -0.25) is 19.2 Å². The Morgan fingerprint density at radius 3 is 2.13 bits per heavy atom. The van der Waals surface area contributed by atoms with Gasteiger partial charge in [-0.05, 0) is 69.3 Å². The molecule has 0 saturated carbocycles. The van der Waals surface area contributed by atoms with Crippen LogP contribution >= 0.6 is 0 Å². The highest BCUT2D eigenvalue weighted by Crippen LogP contribution is 2.20. The van der Waals surface area contributed by atoms with E-state index in [0.29, 0.717) is 24.5 Å². The number of nitrogens with one attached hydrogen (secondary N) is 2. The van der Waals surface area contributed by atoms with Crippen molar-refractivity contribution in [1.29, 1.82) is 0 Å². The van der Waals surface area contributed by atoms with Gasteiger partial charge in [0.15, 0.2) is 0 Å². The monoisotopic (exact) mass is 445 g/mol. The van der Waals surface area contributed by atoms with E-state index < -0.39 is 27.9 Å². The number of aliphatic carboxylic acids is 1. The molecule has 0 aromatic heterocycles. The minimum Gasteiger partial charge on any atom is -0.480 e. The first-order valence-electron chi connectivity index (χ1n) is 10.2. The topological polar surface area (TPSA) is 116 Å². The number of amides is 1. The molecule has 0 radical (unpaired) electrons. The van der Waals surface area contributed by atoms with Gasteiger partial charge >= 0.3 is 5.97 Å². The molecule has 3 N–H and O–H groups in total. The molecule has 166 valence electrons. The Morgan fingerprint density at radius 2 is 1.55 bits per heavy atom. The fraction of sp³-hybridized carbons (Fsp3) is 0.364. The van der Waals surface area contributed by atoms with Gasteiger partial charge in [-0.25, -0.2) is 8.42 Å². The van der Waals surface area contributed by atoms with E-state index in [2.05, 4.69) is 10.0 Å². The highest BCUT2D eigenvalue weighted by molar-refractivity contribution is 7.92. The number of piperidine rings is 1.